The van der Waals surface area contributed by atoms with Crippen molar-refractivity contribution in [1.82, 2.24) is 0 Å². The fourth-order valence-corrected chi connectivity index (χ4v) is 0.166. The maximum Gasteiger partial charge on any atom is 0.145 e. The summed E-state index contributed by atoms with van der Waals surface area (Å²) < 4.78 is 4.61. The summed E-state index contributed by atoms with van der Waals surface area (Å²) in [7, 11) is 0. The molecule has 3 heteroatoms. The van der Waals surface area contributed by atoms with Crippen molar-refractivity contribution in [3.63, 3.8) is 0 Å². The number of hydrogen-bond acceptors (Lipinski definition) is 2. The number of carbonyl (C=O) groups excluding carboxylic acids is 1. The summed E-state index contributed by atoms with van der Waals surface area (Å²) in [5.41, 5.74) is 0. The SMILES string of the molecule is CCOCC=O.[Zn]. The van der Waals surface area contributed by atoms with Crippen molar-refractivity contribution < 1.29 is 29.0 Å². The molecule has 0 aromatic heterocycles. The van der Waals surface area contributed by atoms with Crippen LogP contribution in [0.2, 0.25) is 0 Å². The van der Waals surface area contributed by atoms with Crippen molar-refractivity contribution in [2.45, 2.75) is 6.92 Å². The van der Waals surface area contributed by atoms with Gasteiger partial charge in [-0.15, -0.1) is 0 Å². The molecule has 0 aliphatic carbocycles. The maximum absolute atomic E-state index is 9.44. The summed E-state index contributed by atoms with van der Waals surface area (Å²) >= 11 is 0. The van der Waals surface area contributed by atoms with Gasteiger partial charge in [0.1, 0.15) is 12.9 Å². The molecule has 2 nitrogen and oxygen atoms in total. The van der Waals surface area contributed by atoms with E-state index >= 15 is 0 Å². The second kappa shape index (κ2) is 9.54. The van der Waals surface area contributed by atoms with Gasteiger partial charge >= 0.3 is 0 Å². The fraction of sp³-hybridized carbons (Fsp3) is 0.750. The van der Waals surface area contributed by atoms with E-state index in [4.69, 9.17) is 0 Å². The smallest absolute Gasteiger partial charge is 0.145 e. The van der Waals surface area contributed by atoms with E-state index in [0.29, 0.717) is 6.61 Å². The van der Waals surface area contributed by atoms with Gasteiger partial charge in [0.2, 0.25) is 0 Å². The average Bonchev–Trinajstić information content (AvgIpc) is 1.61. The van der Waals surface area contributed by atoms with E-state index in [0.717, 1.165) is 6.29 Å². The Morgan fingerprint density at radius 3 is 2.43 bits per heavy atom. The van der Waals surface area contributed by atoms with Gasteiger partial charge in [-0.3, -0.25) is 0 Å². The van der Waals surface area contributed by atoms with Gasteiger partial charge in [0.05, 0.1) is 0 Å². The normalized spacial score (nSPS) is 7.00. The number of hydrogen-bond donors (Lipinski definition) is 0. The first-order valence-electron chi connectivity index (χ1n) is 1.93. The van der Waals surface area contributed by atoms with Crippen molar-refractivity contribution in [1.29, 1.82) is 0 Å². The van der Waals surface area contributed by atoms with Gasteiger partial charge in [0.15, 0.2) is 0 Å². The van der Waals surface area contributed by atoms with E-state index < -0.39 is 0 Å². The Morgan fingerprint density at radius 2 is 2.29 bits per heavy atom. The van der Waals surface area contributed by atoms with Gasteiger partial charge in [0.25, 0.3) is 0 Å². The fourth-order valence-electron chi connectivity index (χ4n) is 0.166. The van der Waals surface area contributed by atoms with Gasteiger partial charge in [-0.2, -0.15) is 0 Å². The van der Waals surface area contributed by atoms with Crippen molar-refractivity contribution in [2.75, 3.05) is 13.2 Å². The number of ether oxygens (including phenoxy) is 1. The third-order valence-electron chi connectivity index (χ3n) is 0.390. The molecule has 0 rings (SSSR count). The van der Waals surface area contributed by atoms with E-state index in [1.54, 1.807) is 0 Å². The molecule has 0 aliphatic rings. The van der Waals surface area contributed by atoms with Crippen molar-refractivity contribution >= 4 is 6.29 Å². The second-order valence-electron chi connectivity index (χ2n) is 0.826. The molecule has 0 N–H and O–H groups in total. The molecule has 0 saturated carbocycles. The minimum absolute atomic E-state index is 0. The molecule has 0 heterocycles. The van der Waals surface area contributed by atoms with E-state index in [9.17, 15) is 4.79 Å². The topological polar surface area (TPSA) is 26.3 Å². The molecule has 7 heavy (non-hydrogen) atoms. The molecule has 0 aromatic carbocycles. The Kier molecular flexibility index (Phi) is 14.0. The van der Waals surface area contributed by atoms with Crippen LogP contribution in [0, 0.1) is 0 Å². The van der Waals surface area contributed by atoms with Crippen LogP contribution >= 0.6 is 0 Å². The quantitative estimate of drug-likeness (QED) is 0.329. The Labute approximate surface area is 56.0 Å². The largest absolute Gasteiger partial charge is 0.374 e. The van der Waals surface area contributed by atoms with Gasteiger partial charge in [-0.1, -0.05) is 0 Å². The summed E-state index contributed by atoms with van der Waals surface area (Å²) in [4.78, 5) is 9.44. The minimum Gasteiger partial charge on any atom is -0.374 e. The Bertz CT molecular complexity index is 38.7. The third kappa shape index (κ3) is 10.7. The van der Waals surface area contributed by atoms with Crippen LogP contribution in [0.1, 0.15) is 6.92 Å². The number of carbonyl (C=O) groups is 1. The van der Waals surface area contributed by atoms with Crippen LogP contribution in [0.5, 0.6) is 0 Å². The van der Waals surface area contributed by atoms with Gasteiger partial charge < -0.3 is 9.53 Å². The maximum atomic E-state index is 9.44. The summed E-state index contributed by atoms with van der Waals surface area (Å²) in [5, 5.41) is 0. The third-order valence-corrected chi connectivity index (χ3v) is 0.390. The van der Waals surface area contributed by atoms with Crippen LogP contribution in [0.3, 0.4) is 0 Å². The molecule has 0 aromatic rings. The first kappa shape index (κ1) is 10.3. The average molecular weight is 153 g/mol. The van der Waals surface area contributed by atoms with Gasteiger partial charge in [0, 0.05) is 26.1 Å². The molecule has 0 spiro atoms. The zero-order valence-electron chi connectivity index (χ0n) is 4.52. The van der Waals surface area contributed by atoms with Crippen LogP contribution in [-0.4, -0.2) is 19.5 Å². The Balaban J connectivity index is 0. The van der Waals surface area contributed by atoms with E-state index in [-0.39, 0.29) is 26.1 Å². The molecule has 0 aliphatic heterocycles. The van der Waals surface area contributed by atoms with Crippen LogP contribution in [-0.2, 0) is 29.0 Å². The van der Waals surface area contributed by atoms with E-state index in [2.05, 4.69) is 4.74 Å². The monoisotopic (exact) mass is 152 g/mol. The molecule has 0 unspecified atom stereocenters. The standard InChI is InChI=1S/C4H8O2.Zn/c1-2-6-4-3-5;/h3H,2,4H2,1H3;. The zero-order valence-corrected chi connectivity index (χ0v) is 7.48. The predicted molar refractivity (Wildman–Crippen MR) is 22.6 cm³/mol. The molecular weight excluding hydrogens is 145 g/mol. The van der Waals surface area contributed by atoms with Crippen LogP contribution in [0.4, 0.5) is 0 Å². The summed E-state index contributed by atoms with van der Waals surface area (Å²) in [6.45, 7) is 2.71. The van der Waals surface area contributed by atoms with Crippen LogP contribution in [0.15, 0.2) is 0 Å². The Hall–Kier alpha value is 0.253. The first-order valence-corrected chi connectivity index (χ1v) is 1.93. The predicted octanol–water partition coefficient (Wildman–Crippen LogP) is 0.219. The summed E-state index contributed by atoms with van der Waals surface area (Å²) in [5.74, 6) is 0. The van der Waals surface area contributed by atoms with Crippen LogP contribution < -0.4 is 0 Å². The zero-order chi connectivity index (χ0) is 4.83. The van der Waals surface area contributed by atoms with Crippen molar-refractivity contribution in [2.24, 2.45) is 0 Å². The molecule has 0 fully saturated rings. The molecule has 0 bridgehead atoms. The minimum atomic E-state index is 0. The van der Waals surface area contributed by atoms with Crippen LogP contribution in [0.25, 0.3) is 0 Å². The number of aldehydes is 1. The van der Waals surface area contributed by atoms with Gasteiger partial charge in [-0.25, -0.2) is 0 Å². The molecule has 0 radical (unpaired) electrons. The second-order valence-corrected chi connectivity index (χ2v) is 0.826. The molecule has 0 amide bonds. The van der Waals surface area contributed by atoms with Crippen molar-refractivity contribution in [3.05, 3.63) is 0 Å². The summed E-state index contributed by atoms with van der Waals surface area (Å²) in [6.07, 6.45) is 0.740. The van der Waals surface area contributed by atoms with Crippen molar-refractivity contribution in [3.8, 4) is 0 Å². The Morgan fingerprint density at radius 1 is 1.71 bits per heavy atom. The molecule has 38 valence electrons. The molecule has 0 atom stereocenters. The van der Waals surface area contributed by atoms with E-state index in [1.807, 2.05) is 6.92 Å². The molecule has 0 saturated heterocycles. The summed E-state index contributed by atoms with van der Waals surface area (Å²) in [6, 6.07) is 0. The number of rotatable bonds is 3. The van der Waals surface area contributed by atoms with Gasteiger partial charge in [-0.05, 0) is 6.92 Å². The first-order chi connectivity index (χ1) is 2.91. The van der Waals surface area contributed by atoms with E-state index in [1.165, 1.54) is 0 Å². The molecular formula is C4H8O2Zn.